The normalized spacial score (nSPS) is 13.2. The van der Waals surface area contributed by atoms with Gasteiger partial charge < -0.3 is 15.2 Å². The quantitative estimate of drug-likeness (QED) is 0.717. The second-order valence-electron chi connectivity index (χ2n) is 6.01. The van der Waals surface area contributed by atoms with Crippen LogP contribution in [-0.4, -0.2) is 29.1 Å². The molecule has 2 aromatic carbocycles. The molecule has 0 aliphatic heterocycles. The molecule has 26 heavy (non-hydrogen) atoms. The summed E-state index contributed by atoms with van der Waals surface area (Å²) < 4.78 is 5.11. The molecule has 0 radical (unpaired) electrons. The Bertz CT molecular complexity index is 928. The number of benzene rings is 2. The molecule has 1 heterocycles. The number of aliphatic hydroxyl groups is 1. The molecule has 0 aliphatic rings. The van der Waals surface area contributed by atoms with Crippen LogP contribution in [0.1, 0.15) is 29.1 Å². The first-order valence-electron chi connectivity index (χ1n) is 8.17. The van der Waals surface area contributed by atoms with Crippen molar-refractivity contribution in [1.82, 2.24) is 10.3 Å². The lowest BCUT2D eigenvalue weighted by atomic mass is 10.0. The van der Waals surface area contributed by atoms with E-state index in [1.807, 2.05) is 12.1 Å². The first-order chi connectivity index (χ1) is 12.5. The van der Waals surface area contributed by atoms with E-state index in [1.165, 1.54) is 0 Å². The van der Waals surface area contributed by atoms with E-state index in [2.05, 4.69) is 10.3 Å². The average molecular weight is 371 g/mol. The number of rotatable bonds is 5. The first-order valence-corrected chi connectivity index (χ1v) is 8.55. The summed E-state index contributed by atoms with van der Waals surface area (Å²) in [4.78, 5) is 16.8. The molecule has 3 rings (SSSR count). The Labute approximate surface area is 156 Å². The van der Waals surface area contributed by atoms with Gasteiger partial charge in [-0.3, -0.25) is 4.79 Å². The number of aliphatic hydroxyl groups excluding tert-OH is 1. The number of ether oxygens (including phenoxy) is 1. The molecule has 0 fully saturated rings. The summed E-state index contributed by atoms with van der Waals surface area (Å²) in [5.41, 5.74) is 1.61. The molecule has 6 heteroatoms. The number of hydrogen-bond acceptors (Lipinski definition) is 4. The predicted octanol–water partition coefficient (Wildman–Crippen LogP) is 3.75. The summed E-state index contributed by atoms with van der Waals surface area (Å²) in [5.74, 6) is 0.351. The molecule has 2 atom stereocenters. The molecular weight excluding hydrogens is 352 g/mol. The highest BCUT2D eigenvalue weighted by Crippen LogP contribution is 2.21. The molecule has 0 saturated carbocycles. The van der Waals surface area contributed by atoms with Crippen molar-refractivity contribution in [3.05, 3.63) is 70.9 Å². The first kappa shape index (κ1) is 18.2. The Balaban J connectivity index is 1.73. The van der Waals surface area contributed by atoms with Gasteiger partial charge in [0, 0.05) is 10.4 Å². The van der Waals surface area contributed by atoms with Gasteiger partial charge in [0.2, 0.25) is 0 Å². The number of halogens is 1. The van der Waals surface area contributed by atoms with Crippen LogP contribution in [0.3, 0.4) is 0 Å². The van der Waals surface area contributed by atoms with E-state index in [9.17, 15) is 9.90 Å². The van der Waals surface area contributed by atoms with E-state index in [-0.39, 0.29) is 11.6 Å². The Morgan fingerprint density at radius 2 is 1.85 bits per heavy atom. The Hall–Kier alpha value is -2.63. The van der Waals surface area contributed by atoms with Crippen LogP contribution in [0.5, 0.6) is 5.75 Å². The Morgan fingerprint density at radius 3 is 2.54 bits per heavy atom. The molecule has 1 aromatic heterocycles. The highest BCUT2D eigenvalue weighted by molar-refractivity contribution is 6.31. The fraction of sp³-hybridized carbons (Fsp3) is 0.200. The van der Waals surface area contributed by atoms with Gasteiger partial charge in [-0.15, -0.1) is 0 Å². The molecular formula is C20H19ClN2O3. The highest BCUT2D eigenvalue weighted by atomic mass is 35.5. The van der Waals surface area contributed by atoms with E-state index < -0.39 is 12.1 Å². The highest BCUT2D eigenvalue weighted by Gasteiger charge is 2.20. The fourth-order valence-corrected chi connectivity index (χ4v) is 2.83. The van der Waals surface area contributed by atoms with Crippen LogP contribution < -0.4 is 10.1 Å². The standard InChI is InChI=1S/C20H19ClN2O3/c1-12(19(24)14-4-8-16(26-2)9-5-14)22-20(25)17-10-6-13-3-7-15(21)11-18(13)23-17/h3-12,19,24H,1-2H3,(H,22,25)/t12-,19+/m1/s1. The zero-order valence-electron chi connectivity index (χ0n) is 14.4. The number of pyridine rings is 1. The number of carbonyl (C=O) groups excluding carboxylic acids is 1. The van der Waals surface area contributed by atoms with E-state index in [1.54, 1.807) is 56.5 Å². The van der Waals surface area contributed by atoms with Gasteiger partial charge in [0.05, 0.1) is 24.8 Å². The van der Waals surface area contributed by atoms with Crippen molar-refractivity contribution in [3.63, 3.8) is 0 Å². The van der Waals surface area contributed by atoms with Crippen LogP contribution in [0.2, 0.25) is 5.02 Å². The van der Waals surface area contributed by atoms with Crippen molar-refractivity contribution >= 4 is 28.4 Å². The maximum absolute atomic E-state index is 12.5. The Kier molecular flexibility index (Phi) is 5.40. The summed E-state index contributed by atoms with van der Waals surface area (Å²) in [6, 6.07) is 15.4. The number of aromatic nitrogens is 1. The van der Waals surface area contributed by atoms with Gasteiger partial charge in [-0.25, -0.2) is 4.98 Å². The number of amides is 1. The maximum Gasteiger partial charge on any atom is 0.270 e. The van der Waals surface area contributed by atoms with E-state index in [0.717, 1.165) is 5.39 Å². The summed E-state index contributed by atoms with van der Waals surface area (Å²) in [5, 5.41) is 14.7. The molecule has 3 aromatic rings. The number of carbonyl (C=O) groups is 1. The number of nitrogens with one attached hydrogen (secondary N) is 1. The van der Waals surface area contributed by atoms with Crippen molar-refractivity contribution in [2.45, 2.75) is 19.1 Å². The average Bonchev–Trinajstić information content (AvgIpc) is 2.66. The Morgan fingerprint density at radius 1 is 1.15 bits per heavy atom. The lowest BCUT2D eigenvalue weighted by molar-refractivity contribution is 0.0847. The second kappa shape index (κ2) is 7.72. The summed E-state index contributed by atoms with van der Waals surface area (Å²) >= 11 is 5.98. The van der Waals surface area contributed by atoms with Gasteiger partial charge in [0.15, 0.2) is 0 Å². The van der Waals surface area contributed by atoms with Crippen molar-refractivity contribution in [2.24, 2.45) is 0 Å². The van der Waals surface area contributed by atoms with Crippen LogP contribution in [0.4, 0.5) is 0 Å². The third-order valence-corrected chi connectivity index (χ3v) is 4.41. The smallest absolute Gasteiger partial charge is 0.270 e. The van der Waals surface area contributed by atoms with Crippen LogP contribution in [0.15, 0.2) is 54.6 Å². The molecule has 0 aliphatic carbocycles. The van der Waals surface area contributed by atoms with Crippen molar-refractivity contribution < 1.29 is 14.6 Å². The number of methoxy groups -OCH3 is 1. The maximum atomic E-state index is 12.5. The minimum atomic E-state index is -0.847. The van der Waals surface area contributed by atoms with Gasteiger partial charge in [-0.2, -0.15) is 0 Å². The van der Waals surface area contributed by atoms with Gasteiger partial charge >= 0.3 is 0 Å². The summed E-state index contributed by atoms with van der Waals surface area (Å²) in [6.45, 7) is 1.74. The van der Waals surface area contributed by atoms with Crippen LogP contribution in [0, 0.1) is 0 Å². The zero-order valence-corrected chi connectivity index (χ0v) is 15.2. The third kappa shape index (κ3) is 3.95. The minimum Gasteiger partial charge on any atom is -0.497 e. The molecule has 5 nitrogen and oxygen atoms in total. The predicted molar refractivity (Wildman–Crippen MR) is 102 cm³/mol. The monoisotopic (exact) mass is 370 g/mol. The molecule has 1 amide bonds. The zero-order chi connectivity index (χ0) is 18.7. The largest absolute Gasteiger partial charge is 0.497 e. The molecule has 0 unspecified atom stereocenters. The van der Waals surface area contributed by atoms with Gasteiger partial charge in [0.1, 0.15) is 11.4 Å². The molecule has 134 valence electrons. The number of fused-ring (bicyclic) bond motifs is 1. The lowest BCUT2D eigenvalue weighted by Crippen LogP contribution is -2.37. The summed E-state index contributed by atoms with van der Waals surface area (Å²) in [7, 11) is 1.58. The second-order valence-corrected chi connectivity index (χ2v) is 6.45. The van der Waals surface area contributed by atoms with Gasteiger partial charge in [-0.05, 0) is 42.8 Å². The van der Waals surface area contributed by atoms with Crippen molar-refractivity contribution in [1.29, 1.82) is 0 Å². The van der Waals surface area contributed by atoms with Crippen molar-refractivity contribution in [3.8, 4) is 5.75 Å². The fourth-order valence-electron chi connectivity index (χ4n) is 2.67. The van der Waals surface area contributed by atoms with E-state index in [0.29, 0.717) is 21.9 Å². The van der Waals surface area contributed by atoms with Crippen LogP contribution in [-0.2, 0) is 0 Å². The van der Waals surface area contributed by atoms with Gasteiger partial charge in [-0.1, -0.05) is 35.9 Å². The van der Waals surface area contributed by atoms with Crippen LogP contribution in [0.25, 0.3) is 10.9 Å². The molecule has 0 bridgehead atoms. The lowest BCUT2D eigenvalue weighted by Gasteiger charge is -2.20. The third-order valence-electron chi connectivity index (χ3n) is 4.18. The molecule has 0 saturated heterocycles. The summed E-state index contributed by atoms with van der Waals surface area (Å²) in [6.07, 6.45) is -0.847. The van der Waals surface area contributed by atoms with E-state index in [4.69, 9.17) is 16.3 Å². The van der Waals surface area contributed by atoms with Gasteiger partial charge in [0.25, 0.3) is 5.91 Å². The topological polar surface area (TPSA) is 71.5 Å². The molecule has 2 N–H and O–H groups in total. The molecule has 0 spiro atoms. The SMILES string of the molecule is COc1ccc([C@@H](O)[C@@H](C)NC(=O)c2ccc3ccc(Cl)cc3n2)cc1. The van der Waals surface area contributed by atoms with Crippen molar-refractivity contribution in [2.75, 3.05) is 7.11 Å². The minimum absolute atomic E-state index is 0.272. The van der Waals surface area contributed by atoms with E-state index >= 15 is 0 Å². The van der Waals surface area contributed by atoms with Crippen LogP contribution >= 0.6 is 11.6 Å². The number of nitrogens with zero attached hydrogens (tertiary/aromatic N) is 1. The number of hydrogen-bond donors (Lipinski definition) is 2.